The second kappa shape index (κ2) is 5.66. The number of hydrogen-bond acceptors (Lipinski definition) is 5. The fraction of sp³-hybridized carbons (Fsp3) is 0. The molecular weight excluding hydrogens is 328 g/mol. The highest BCUT2D eigenvalue weighted by Crippen LogP contribution is 2.32. The van der Waals surface area contributed by atoms with Crippen molar-refractivity contribution in [2.24, 2.45) is 5.73 Å². The number of halogens is 1. The van der Waals surface area contributed by atoms with Gasteiger partial charge in [0.15, 0.2) is 0 Å². The summed E-state index contributed by atoms with van der Waals surface area (Å²) in [6, 6.07) is 7.32. The lowest BCUT2D eigenvalue weighted by Crippen LogP contribution is -2.12. The Morgan fingerprint density at radius 1 is 1.40 bits per heavy atom. The van der Waals surface area contributed by atoms with Crippen LogP contribution in [0.3, 0.4) is 0 Å². The Hall–Kier alpha value is -2.48. The van der Waals surface area contributed by atoms with Gasteiger partial charge < -0.3 is 10.5 Å². The van der Waals surface area contributed by atoms with Crippen LogP contribution in [0.4, 0.5) is 5.69 Å². The lowest BCUT2D eigenvalue weighted by Gasteiger charge is -2.07. The number of ether oxygens (including phenoxy) is 1. The Bertz CT molecular complexity index is 673. The van der Waals surface area contributed by atoms with E-state index in [1.165, 1.54) is 30.5 Å². The second-order valence-electron chi connectivity index (χ2n) is 3.77. The molecule has 2 rings (SSSR count). The van der Waals surface area contributed by atoms with Crippen molar-refractivity contribution in [3.8, 4) is 11.5 Å². The second-order valence-corrected chi connectivity index (χ2v) is 4.62. The van der Waals surface area contributed by atoms with Gasteiger partial charge in [-0.15, -0.1) is 0 Å². The molecule has 8 heteroatoms. The summed E-state index contributed by atoms with van der Waals surface area (Å²) in [5, 5.41) is 17.9. The lowest BCUT2D eigenvalue weighted by molar-refractivity contribution is -0.384. The van der Waals surface area contributed by atoms with E-state index in [1.54, 1.807) is 6.07 Å². The molecule has 0 radical (unpaired) electrons. The Labute approximate surface area is 122 Å². The third-order valence-corrected chi connectivity index (χ3v) is 3.02. The number of nitrogens with two attached hydrogens (primary N) is 1. The zero-order chi connectivity index (χ0) is 14.7. The Kier molecular flexibility index (Phi) is 3.94. The third kappa shape index (κ3) is 3.09. The van der Waals surface area contributed by atoms with E-state index in [-0.39, 0.29) is 11.5 Å². The molecule has 0 saturated carbocycles. The van der Waals surface area contributed by atoms with Gasteiger partial charge in [0.25, 0.3) is 5.69 Å². The number of benzene rings is 1. The number of hydrogen-bond donors (Lipinski definition) is 2. The molecule has 7 nitrogen and oxygen atoms in total. The molecule has 2 aromatic rings. The summed E-state index contributed by atoms with van der Waals surface area (Å²) in [5.74, 6) is 0.542. The van der Waals surface area contributed by atoms with Gasteiger partial charge in [0.1, 0.15) is 23.0 Å². The van der Waals surface area contributed by atoms with Crippen LogP contribution >= 0.6 is 15.9 Å². The average molecular weight is 337 g/mol. The molecule has 0 aliphatic heterocycles. The number of nitrogen functional groups attached to an aromatic ring is 1. The molecule has 0 atom stereocenters. The van der Waals surface area contributed by atoms with Gasteiger partial charge >= 0.3 is 0 Å². The summed E-state index contributed by atoms with van der Waals surface area (Å²) in [7, 11) is 0. The highest BCUT2D eigenvalue weighted by Gasteiger charge is 2.11. The van der Waals surface area contributed by atoms with Crippen molar-refractivity contribution in [2.45, 2.75) is 0 Å². The fourth-order valence-corrected chi connectivity index (χ4v) is 1.74. The molecule has 0 unspecified atom stereocenters. The number of amidine groups is 1. The van der Waals surface area contributed by atoms with Crippen LogP contribution in [0.15, 0.2) is 41.0 Å². The Balaban J connectivity index is 2.27. The highest BCUT2D eigenvalue weighted by molar-refractivity contribution is 9.10. The molecule has 0 fully saturated rings. The molecule has 1 heterocycles. The maximum atomic E-state index is 10.7. The summed E-state index contributed by atoms with van der Waals surface area (Å²) >= 11 is 3.25. The van der Waals surface area contributed by atoms with Gasteiger partial charge in [0.05, 0.1) is 21.7 Å². The first kappa shape index (κ1) is 13.9. The molecule has 1 aromatic heterocycles. The maximum Gasteiger partial charge on any atom is 0.273 e. The van der Waals surface area contributed by atoms with Crippen molar-refractivity contribution < 1.29 is 9.66 Å². The number of non-ortho nitro benzene ring substituents is 1. The SMILES string of the molecule is N=C(N)c1ccc(Oc2cc([N+](=O)[O-])ccc2Br)cn1. The fourth-order valence-electron chi connectivity index (χ4n) is 1.41. The predicted molar refractivity (Wildman–Crippen MR) is 76.1 cm³/mol. The summed E-state index contributed by atoms with van der Waals surface area (Å²) in [6.45, 7) is 0. The average Bonchev–Trinajstić information content (AvgIpc) is 2.41. The van der Waals surface area contributed by atoms with E-state index in [0.29, 0.717) is 21.7 Å². The standard InChI is InChI=1S/C12H9BrN4O3/c13-9-3-1-7(17(18)19)5-11(9)20-8-2-4-10(12(14)15)16-6-8/h1-6H,(H3,14,15). The van der Waals surface area contributed by atoms with Crippen molar-refractivity contribution >= 4 is 27.5 Å². The number of nitrogens with zero attached hydrogens (tertiary/aromatic N) is 2. The molecule has 0 aliphatic carbocycles. The first-order chi connectivity index (χ1) is 9.47. The number of aromatic nitrogens is 1. The monoisotopic (exact) mass is 336 g/mol. The van der Waals surface area contributed by atoms with Crippen LogP contribution in [0, 0.1) is 15.5 Å². The van der Waals surface area contributed by atoms with Gasteiger partial charge in [-0.25, -0.2) is 4.98 Å². The van der Waals surface area contributed by atoms with Crippen LogP contribution in [0.5, 0.6) is 11.5 Å². The number of rotatable bonds is 4. The van der Waals surface area contributed by atoms with Gasteiger partial charge in [-0.3, -0.25) is 15.5 Å². The largest absolute Gasteiger partial charge is 0.454 e. The molecule has 0 bridgehead atoms. The summed E-state index contributed by atoms with van der Waals surface area (Å²) in [6.07, 6.45) is 1.39. The third-order valence-electron chi connectivity index (χ3n) is 2.37. The van der Waals surface area contributed by atoms with E-state index >= 15 is 0 Å². The van der Waals surface area contributed by atoms with Crippen LogP contribution in [0.25, 0.3) is 0 Å². The van der Waals surface area contributed by atoms with E-state index in [9.17, 15) is 10.1 Å². The van der Waals surface area contributed by atoms with E-state index in [0.717, 1.165) is 0 Å². The first-order valence-electron chi connectivity index (χ1n) is 5.39. The smallest absolute Gasteiger partial charge is 0.273 e. The quantitative estimate of drug-likeness (QED) is 0.385. The number of pyridine rings is 1. The first-order valence-corrected chi connectivity index (χ1v) is 6.19. The number of nitro groups is 1. The molecule has 0 saturated heterocycles. The zero-order valence-electron chi connectivity index (χ0n) is 10.0. The van der Waals surface area contributed by atoms with E-state index in [2.05, 4.69) is 20.9 Å². The van der Waals surface area contributed by atoms with E-state index in [4.69, 9.17) is 15.9 Å². The number of nitro benzene ring substituents is 1. The molecular formula is C12H9BrN4O3. The minimum absolute atomic E-state index is 0.0727. The maximum absolute atomic E-state index is 10.7. The highest BCUT2D eigenvalue weighted by atomic mass is 79.9. The van der Waals surface area contributed by atoms with Crippen LogP contribution in [0.1, 0.15) is 5.69 Å². The summed E-state index contributed by atoms with van der Waals surface area (Å²) in [4.78, 5) is 14.2. The Morgan fingerprint density at radius 2 is 2.15 bits per heavy atom. The van der Waals surface area contributed by atoms with Crippen molar-refractivity contribution in [2.75, 3.05) is 0 Å². The molecule has 20 heavy (non-hydrogen) atoms. The lowest BCUT2D eigenvalue weighted by atomic mass is 10.3. The van der Waals surface area contributed by atoms with Crippen molar-refractivity contribution in [3.63, 3.8) is 0 Å². The topological polar surface area (TPSA) is 115 Å². The number of nitrogens with one attached hydrogen (secondary N) is 1. The minimum atomic E-state index is -0.504. The van der Waals surface area contributed by atoms with Crippen LogP contribution in [-0.2, 0) is 0 Å². The van der Waals surface area contributed by atoms with Gasteiger partial charge in [-0.1, -0.05) is 0 Å². The minimum Gasteiger partial charge on any atom is -0.454 e. The van der Waals surface area contributed by atoms with Crippen molar-refractivity contribution in [1.82, 2.24) is 4.98 Å². The molecule has 1 aromatic carbocycles. The summed E-state index contributed by atoms with van der Waals surface area (Å²) < 4.78 is 6.09. The zero-order valence-corrected chi connectivity index (χ0v) is 11.6. The van der Waals surface area contributed by atoms with Gasteiger partial charge in [-0.05, 0) is 34.1 Å². The van der Waals surface area contributed by atoms with Crippen LogP contribution in [-0.4, -0.2) is 15.7 Å². The normalized spacial score (nSPS) is 10.1. The predicted octanol–water partition coefficient (Wildman–Crippen LogP) is 2.83. The molecule has 0 aliphatic rings. The molecule has 0 spiro atoms. The van der Waals surface area contributed by atoms with Crippen LogP contribution in [0.2, 0.25) is 0 Å². The molecule has 3 N–H and O–H groups in total. The van der Waals surface area contributed by atoms with E-state index < -0.39 is 4.92 Å². The van der Waals surface area contributed by atoms with Gasteiger partial charge in [0.2, 0.25) is 0 Å². The van der Waals surface area contributed by atoms with Crippen molar-refractivity contribution in [3.05, 3.63) is 56.8 Å². The Morgan fingerprint density at radius 3 is 2.70 bits per heavy atom. The van der Waals surface area contributed by atoms with Gasteiger partial charge in [0, 0.05) is 6.07 Å². The van der Waals surface area contributed by atoms with Gasteiger partial charge in [-0.2, -0.15) is 0 Å². The van der Waals surface area contributed by atoms with Crippen molar-refractivity contribution in [1.29, 1.82) is 5.41 Å². The molecule has 102 valence electrons. The van der Waals surface area contributed by atoms with Crippen LogP contribution < -0.4 is 10.5 Å². The summed E-state index contributed by atoms with van der Waals surface area (Å²) in [5.41, 5.74) is 5.55. The van der Waals surface area contributed by atoms with E-state index in [1.807, 2.05) is 0 Å². The molecule has 0 amide bonds.